The standard InChI is InChI=1S/C16H24N2O3.C2H6/c1-12-9-14(18-5-7-20-8-6-18)17-15(10-12)21-13-3-4-16(2,19)11-13;1-2/h9-10,13,19H,3-8,11H2,1-2H3;1-2H3. The summed E-state index contributed by atoms with van der Waals surface area (Å²) in [6.07, 6.45) is 2.41. The van der Waals surface area contributed by atoms with Gasteiger partial charge in [0.2, 0.25) is 5.88 Å². The number of hydrogen-bond donors (Lipinski definition) is 1. The van der Waals surface area contributed by atoms with E-state index >= 15 is 0 Å². The van der Waals surface area contributed by atoms with Gasteiger partial charge in [-0.3, -0.25) is 0 Å². The van der Waals surface area contributed by atoms with Crippen LogP contribution in [0, 0.1) is 6.92 Å². The second kappa shape index (κ2) is 7.97. The SMILES string of the molecule is CC.Cc1cc(OC2CCC(C)(O)C2)nc(N2CCOCC2)c1. The minimum Gasteiger partial charge on any atom is -0.474 e. The van der Waals surface area contributed by atoms with Crippen molar-refractivity contribution >= 4 is 5.82 Å². The van der Waals surface area contributed by atoms with E-state index in [2.05, 4.69) is 22.9 Å². The minimum atomic E-state index is -0.596. The fourth-order valence-electron chi connectivity index (χ4n) is 3.07. The van der Waals surface area contributed by atoms with Crippen LogP contribution in [0.2, 0.25) is 0 Å². The van der Waals surface area contributed by atoms with Gasteiger partial charge in [-0.25, -0.2) is 0 Å². The van der Waals surface area contributed by atoms with Crippen LogP contribution in [-0.2, 0) is 4.74 Å². The maximum absolute atomic E-state index is 10.0. The van der Waals surface area contributed by atoms with E-state index in [1.165, 1.54) is 0 Å². The molecule has 1 N–H and O–H groups in total. The average Bonchev–Trinajstić information content (AvgIpc) is 2.88. The Kier molecular flexibility index (Phi) is 6.25. The van der Waals surface area contributed by atoms with Gasteiger partial charge in [-0.1, -0.05) is 13.8 Å². The van der Waals surface area contributed by atoms with E-state index in [1.807, 2.05) is 26.8 Å². The van der Waals surface area contributed by atoms with E-state index in [1.54, 1.807) is 0 Å². The van der Waals surface area contributed by atoms with Crippen molar-refractivity contribution in [3.63, 3.8) is 0 Å². The van der Waals surface area contributed by atoms with Crippen LogP contribution in [0.4, 0.5) is 5.82 Å². The van der Waals surface area contributed by atoms with Gasteiger partial charge in [-0.05, 0) is 38.3 Å². The van der Waals surface area contributed by atoms with E-state index in [0.29, 0.717) is 12.3 Å². The van der Waals surface area contributed by atoms with Gasteiger partial charge in [0.25, 0.3) is 0 Å². The first-order chi connectivity index (χ1) is 11.0. The first-order valence-electron chi connectivity index (χ1n) is 8.72. The van der Waals surface area contributed by atoms with E-state index in [4.69, 9.17) is 9.47 Å². The summed E-state index contributed by atoms with van der Waals surface area (Å²) in [5.74, 6) is 1.62. The molecule has 2 heterocycles. The number of aromatic nitrogens is 1. The van der Waals surface area contributed by atoms with Crippen LogP contribution >= 0.6 is 0 Å². The fraction of sp³-hybridized carbons (Fsp3) is 0.722. The van der Waals surface area contributed by atoms with Gasteiger partial charge in [0.1, 0.15) is 11.9 Å². The number of aryl methyl sites for hydroxylation is 1. The van der Waals surface area contributed by atoms with Crippen molar-refractivity contribution in [2.75, 3.05) is 31.2 Å². The Morgan fingerprint density at radius 1 is 1.30 bits per heavy atom. The van der Waals surface area contributed by atoms with Crippen molar-refractivity contribution in [2.24, 2.45) is 0 Å². The molecule has 23 heavy (non-hydrogen) atoms. The lowest BCUT2D eigenvalue weighted by atomic mass is 10.1. The van der Waals surface area contributed by atoms with Gasteiger partial charge in [-0.2, -0.15) is 4.98 Å². The first-order valence-corrected chi connectivity index (χ1v) is 8.72. The smallest absolute Gasteiger partial charge is 0.215 e. The summed E-state index contributed by atoms with van der Waals surface area (Å²) in [5.41, 5.74) is 0.549. The lowest BCUT2D eigenvalue weighted by molar-refractivity contribution is 0.0537. The van der Waals surface area contributed by atoms with Crippen LogP contribution in [0.1, 0.15) is 45.6 Å². The highest BCUT2D eigenvalue weighted by molar-refractivity contribution is 5.44. The third-order valence-corrected chi connectivity index (χ3v) is 4.23. The van der Waals surface area contributed by atoms with Crippen LogP contribution in [0.3, 0.4) is 0 Å². The second-order valence-electron chi connectivity index (χ2n) is 6.42. The number of aliphatic hydroxyl groups is 1. The van der Waals surface area contributed by atoms with Crippen molar-refractivity contribution in [3.8, 4) is 5.88 Å². The number of anilines is 1. The van der Waals surface area contributed by atoms with Crippen molar-refractivity contribution in [2.45, 2.75) is 58.7 Å². The molecule has 0 aromatic carbocycles. The lowest BCUT2D eigenvalue weighted by Crippen LogP contribution is -2.36. The molecule has 2 atom stereocenters. The third-order valence-electron chi connectivity index (χ3n) is 4.23. The molecule has 0 spiro atoms. The number of nitrogens with zero attached hydrogens (tertiary/aromatic N) is 2. The summed E-state index contributed by atoms with van der Waals surface area (Å²) in [6, 6.07) is 4.06. The Labute approximate surface area is 139 Å². The van der Waals surface area contributed by atoms with Gasteiger partial charge < -0.3 is 19.5 Å². The van der Waals surface area contributed by atoms with Gasteiger partial charge in [-0.15, -0.1) is 0 Å². The molecular weight excluding hydrogens is 292 g/mol. The van der Waals surface area contributed by atoms with Crippen LogP contribution < -0.4 is 9.64 Å². The first kappa shape index (κ1) is 18.0. The van der Waals surface area contributed by atoms with E-state index in [-0.39, 0.29) is 6.10 Å². The summed E-state index contributed by atoms with van der Waals surface area (Å²) < 4.78 is 11.4. The summed E-state index contributed by atoms with van der Waals surface area (Å²) in [6.45, 7) is 11.2. The molecule has 5 nitrogen and oxygen atoms in total. The molecular formula is C18H30N2O3. The van der Waals surface area contributed by atoms with Crippen molar-refractivity contribution in [1.82, 2.24) is 4.98 Å². The Hall–Kier alpha value is -1.33. The zero-order chi connectivity index (χ0) is 16.9. The molecule has 1 saturated carbocycles. The molecule has 1 aliphatic heterocycles. The zero-order valence-electron chi connectivity index (χ0n) is 14.8. The number of ether oxygens (including phenoxy) is 2. The molecule has 130 valence electrons. The van der Waals surface area contributed by atoms with Gasteiger partial charge in [0.15, 0.2) is 0 Å². The molecule has 2 unspecified atom stereocenters. The fourth-order valence-corrected chi connectivity index (χ4v) is 3.07. The number of pyridine rings is 1. The zero-order valence-corrected chi connectivity index (χ0v) is 14.8. The summed E-state index contributed by atoms with van der Waals surface area (Å²) in [7, 11) is 0. The van der Waals surface area contributed by atoms with E-state index in [9.17, 15) is 5.11 Å². The predicted octanol–water partition coefficient (Wildman–Crippen LogP) is 2.94. The van der Waals surface area contributed by atoms with E-state index < -0.39 is 5.60 Å². The molecule has 3 rings (SSSR count). The summed E-state index contributed by atoms with van der Waals surface area (Å²) in [4.78, 5) is 6.87. The number of hydrogen-bond acceptors (Lipinski definition) is 5. The van der Waals surface area contributed by atoms with Gasteiger partial charge >= 0.3 is 0 Å². The van der Waals surface area contributed by atoms with Crippen LogP contribution in [0.5, 0.6) is 5.88 Å². The quantitative estimate of drug-likeness (QED) is 0.927. The average molecular weight is 322 g/mol. The minimum absolute atomic E-state index is 0.0619. The Balaban J connectivity index is 0.000000924. The maximum Gasteiger partial charge on any atom is 0.215 e. The molecule has 1 aromatic heterocycles. The number of rotatable bonds is 3. The van der Waals surface area contributed by atoms with Crippen molar-refractivity contribution in [1.29, 1.82) is 0 Å². The summed E-state index contributed by atoms with van der Waals surface area (Å²) in [5, 5.41) is 10.0. The monoisotopic (exact) mass is 322 g/mol. The Bertz CT molecular complexity index is 499. The van der Waals surface area contributed by atoms with Crippen molar-refractivity contribution < 1.29 is 14.6 Å². The molecule has 1 aromatic rings. The molecule has 0 radical (unpaired) electrons. The molecule has 2 fully saturated rings. The third kappa shape index (κ3) is 5.08. The molecule has 1 saturated heterocycles. The summed E-state index contributed by atoms with van der Waals surface area (Å²) >= 11 is 0. The normalized spacial score (nSPS) is 27.3. The van der Waals surface area contributed by atoms with Crippen LogP contribution in [0.25, 0.3) is 0 Å². The number of morpholine rings is 1. The highest BCUT2D eigenvalue weighted by Gasteiger charge is 2.34. The molecule has 0 bridgehead atoms. The van der Waals surface area contributed by atoms with E-state index in [0.717, 1.165) is 50.5 Å². The van der Waals surface area contributed by atoms with Crippen LogP contribution in [0.15, 0.2) is 12.1 Å². The molecule has 1 aliphatic carbocycles. The van der Waals surface area contributed by atoms with Crippen LogP contribution in [-0.4, -0.2) is 48.1 Å². The van der Waals surface area contributed by atoms with Gasteiger partial charge in [0, 0.05) is 25.6 Å². The lowest BCUT2D eigenvalue weighted by Gasteiger charge is -2.28. The molecule has 0 amide bonds. The Morgan fingerprint density at radius 2 is 2.00 bits per heavy atom. The topological polar surface area (TPSA) is 54.8 Å². The molecule has 2 aliphatic rings. The predicted molar refractivity (Wildman–Crippen MR) is 92.2 cm³/mol. The molecule has 5 heteroatoms. The maximum atomic E-state index is 10.0. The largest absolute Gasteiger partial charge is 0.474 e. The highest BCUT2D eigenvalue weighted by Crippen LogP contribution is 2.32. The second-order valence-corrected chi connectivity index (χ2v) is 6.42. The highest BCUT2D eigenvalue weighted by atomic mass is 16.5. The van der Waals surface area contributed by atoms with Crippen molar-refractivity contribution in [3.05, 3.63) is 17.7 Å². The Morgan fingerprint density at radius 3 is 2.61 bits per heavy atom. The van der Waals surface area contributed by atoms with Gasteiger partial charge in [0.05, 0.1) is 18.8 Å².